The number of thioether (sulfide) groups is 1. The van der Waals surface area contributed by atoms with Crippen LogP contribution in [0.1, 0.15) is 41.3 Å². The lowest BCUT2D eigenvalue weighted by molar-refractivity contribution is -0.137. The zero-order valence-corrected chi connectivity index (χ0v) is 18.2. The van der Waals surface area contributed by atoms with Crippen molar-refractivity contribution in [1.82, 2.24) is 10.2 Å². The molecule has 0 aliphatic rings. The van der Waals surface area contributed by atoms with Gasteiger partial charge in [-0.15, -0.1) is 10.2 Å². The van der Waals surface area contributed by atoms with Gasteiger partial charge in [0.1, 0.15) is 5.75 Å². The summed E-state index contributed by atoms with van der Waals surface area (Å²) >= 11 is 2.54. The Morgan fingerprint density at radius 3 is 2.45 bits per heavy atom. The summed E-state index contributed by atoms with van der Waals surface area (Å²) < 4.78 is 44.0. The van der Waals surface area contributed by atoms with Gasteiger partial charge >= 0.3 is 6.18 Å². The van der Waals surface area contributed by atoms with E-state index in [1.807, 2.05) is 0 Å². The first-order chi connectivity index (χ1) is 14.8. The number of amides is 1. The lowest BCUT2D eigenvalue weighted by Crippen LogP contribution is -2.11. The third-order valence-electron chi connectivity index (χ3n) is 4.15. The number of nitrogens with one attached hydrogen (secondary N) is 1. The summed E-state index contributed by atoms with van der Waals surface area (Å²) in [7, 11) is 0. The van der Waals surface area contributed by atoms with Crippen LogP contribution in [0, 0.1) is 0 Å². The van der Waals surface area contributed by atoms with Gasteiger partial charge in [-0.25, -0.2) is 0 Å². The fourth-order valence-corrected chi connectivity index (χ4v) is 4.16. The monoisotopic (exact) mass is 467 g/mol. The van der Waals surface area contributed by atoms with Gasteiger partial charge in [0.05, 0.1) is 12.2 Å². The number of halogens is 3. The second-order valence-electron chi connectivity index (χ2n) is 6.54. The Kier molecular flexibility index (Phi) is 7.91. The summed E-state index contributed by atoms with van der Waals surface area (Å²) in [5.41, 5.74) is 0.528. The number of anilines is 1. The van der Waals surface area contributed by atoms with Crippen molar-refractivity contribution in [2.24, 2.45) is 0 Å². The molecule has 0 saturated heterocycles. The number of hydrogen-bond donors (Lipinski definition) is 1. The van der Waals surface area contributed by atoms with Crippen LogP contribution in [0.15, 0.2) is 52.9 Å². The Morgan fingerprint density at radius 1 is 1.10 bits per heavy atom. The number of nitrogens with zero attached hydrogens (tertiary/aromatic N) is 2. The molecule has 10 heteroatoms. The van der Waals surface area contributed by atoms with E-state index in [-0.39, 0.29) is 5.91 Å². The minimum atomic E-state index is -4.35. The molecule has 1 aromatic heterocycles. The Labute approximate surface area is 186 Å². The number of unbranched alkanes of at least 4 members (excludes halogenated alkanes) is 1. The predicted molar refractivity (Wildman–Crippen MR) is 116 cm³/mol. The lowest BCUT2D eigenvalue weighted by Gasteiger charge is -2.07. The van der Waals surface area contributed by atoms with E-state index in [0.717, 1.165) is 30.5 Å². The van der Waals surface area contributed by atoms with E-state index < -0.39 is 11.7 Å². The molecule has 0 aliphatic heterocycles. The first-order valence-electron chi connectivity index (χ1n) is 9.52. The van der Waals surface area contributed by atoms with Gasteiger partial charge in [0.15, 0.2) is 4.34 Å². The van der Waals surface area contributed by atoms with E-state index in [2.05, 4.69) is 22.4 Å². The number of rotatable bonds is 9. The van der Waals surface area contributed by atoms with E-state index in [1.165, 1.54) is 35.2 Å². The largest absolute Gasteiger partial charge is 0.494 e. The zero-order valence-electron chi connectivity index (χ0n) is 16.6. The Balaban J connectivity index is 1.50. The first-order valence-corrected chi connectivity index (χ1v) is 11.3. The van der Waals surface area contributed by atoms with Crippen LogP contribution in [-0.4, -0.2) is 22.7 Å². The van der Waals surface area contributed by atoms with Gasteiger partial charge in [0.25, 0.3) is 5.91 Å². The van der Waals surface area contributed by atoms with Gasteiger partial charge < -0.3 is 4.74 Å². The molecular formula is C21H20F3N3O2S2. The molecule has 0 atom stereocenters. The fraction of sp³-hybridized carbons (Fsp3) is 0.286. The van der Waals surface area contributed by atoms with Crippen LogP contribution in [0.4, 0.5) is 18.3 Å². The third kappa shape index (κ3) is 6.96. The molecule has 5 nitrogen and oxygen atoms in total. The molecule has 0 radical (unpaired) electrons. The average Bonchev–Trinajstić information content (AvgIpc) is 3.20. The molecule has 3 rings (SSSR count). The summed E-state index contributed by atoms with van der Waals surface area (Å²) in [6, 6.07) is 11.8. The molecule has 3 aromatic rings. The Bertz CT molecular complexity index is 990. The molecule has 0 spiro atoms. The minimum absolute atomic E-state index is 0.310. The van der Waals surface area contributed by atoms with Gasteiger partial charge in [-0.1, -0.05) is 48.6 Å². The number of alkyl halides is 3. The second-order valence-corrected chi connectivity index (χ2v) is 8.74. The maximum absolute atomic E-state index is 12.6. The van der Waals surface area contributed by atoms with Crippen LogP contribution in [0.25, 0.3) is 0 Å². The first kappa shape index (κ1) is 23.1. The summed E-state index contributed by atoms with van der Waals surface area (Å²) in [5.74, 6) is 0.846. The highest BCUT2D eigenvalue weighted by molar-refractivity contribution is 8.00. The van der Waals surface area contributed by atoms with Gasteiger partial charge in [-0.05, 0) is 48.4 Å². The smallest absolute Gasteiger partial charge is 0.416 e. The van der Waals surface area contributed by atoms with Crippen LogP contribution in [-0.2, 0) is 11.9 Å². The van der Waals surface area contributed by atoms with Gasteiger partial charge in [-0.2, -0.15) is 13.2 Å². The van der Waals surface area contributed by atoms with Gasteiger partial charge in [0.2, 0.25) is 5.13 Å². The average molecular weight is 468 g/mol. The molecule has 0 bridgehead atoms. The van der Waals surface area contributed by atoms with E-state index in [1.54, 1.807) is 24.3 Å². The molecule has 1 amide bonds. The van der Waals surface area contributed by atoms with Crippen LogP contribution in [0.5, 0.6) is 5.75 Å². The van der Waals surface area contributed by atoms with Crippen LogP contribution < -0.4 is 10.1 Å². The van der Waals surface area contributed by atoms with Crippen molar-refractivity contribution in [2.45, 2.75) is 36.0 Å². The maximum Gasteiger partial charge on any atom is 0.416 e. The Hall–Kier alpha value is -2.59. The number of carbonyl (C=O) groups excluding carboxylic acids is 1. The van der Waals surface area contributed by atoms with Gasteiger partial charge in [-0.3, -0.25) is 10.1 Å². The number of ether oxygens (including phenoxy) is 1. The summed E-state index contributed by atoms with van der Waals surface area (Å²) in [6.07, 6.45) is -2.33. The minimum Gasteiger partial charge on any atom is -0.494 e. The fourth-order valence-electron chi connectivity index (χ4n) is 2.46. The van der Waals surface area contributed by atoms with E-state index in [0.29, 0.717) is 33.1 Å². The normalized spacial score (nSPS) is 11.4. The maximum atomic E-state index is 12.6. The van der Waals surface area contributed by atoms with Crippen molar-refractivity contribution in [1.29, 1.82) is 0 Å². The van der Waals surface area contributed by atoms with Crippen molar-refractivity contribution in [3.05, 3.63) is 65.2 Å². The van der Waals surface area contributed by atoms with Crippen molar-refractivity contribution in [3.63, 3.8) is 0 Å². The topological polar surface area (TPSA) is 64.1 Å². The number of aromatic nitrogens is 2. The molecule has 0 aliphatic carbocycles. The summed E-state index contributed by atoms with van der Waals surface area (Å²) in [5, 5.41) is 11.0. The molecule has 0 fully saturated rings. The molecule has 0 unspecified atom stereocenters. The molecular weight excluding hydrogens is 447 g/mol. The third-order valence-corrected chi connectivity index (χ3v) is 6.20. The molecule has 1 N–H and O–H groups in total. The van der Waals surface area contributed by atoms with Crippen molar-refractivity contribution in [2.75, 3.05) is 11.9 Å². The standard InChI is InChI=1S/C21H20F3N3O2S2/c1-2-3-12-29-17-10-6-15(7-11-17)18(28)25-19-26-27-20(31-19)30-13-14-4-8-16(9-5-14)21(22,23)24/h4-11H,2-3,12-13H2,1H3,(H,25,26,28). The number of hydrogen-bond acceptors (Lipinski definition) is 6. The van der Waals surface area contributed by atoms with Crippen molar-refractivity contribution in [3.8, 4) is 5.75 Å². The highest BCUT2D eigenvalue weighted by atomic mass is 32.2. The SMILES string of the molecule is CCCCOc1ccc(C(=O)Nc2nnc(SCc3ccc(C(F)(F)F)cc3)s2)cc1. The van der Waals surface area contributed by atoms with E-state index in [9.17, 15) is 18.0 Å². The predicted octanol–water partition coefficient (Wildman–Crippen LogP) is 6.28. The van der Waals surface area contributed by atoms with Crippen molar-refractivity contribution >= 4 is 34.1 Å². The number of carbonyl (C=O) groups is 1. The highest BCUT2D eigenvalue weighted by Crippen LogP contribution is 2.31. The summed E-state index contributed by atoms with van der Waals surface area (Å²) in [4.78, 5) is 12.4. The number of benzene rings is 2. The van der Waals surface area contributed by atoms with Crippen LogP contribution in [0.2, 0.25) is 0 Å². The second kappa shape index (κ2) is 10.6. The lowest BCUT2D eigenvalue weighted by atomic mass is 10.1. The highest BCUT2D eigenvalue weighted by Gasteiger charge is 2.29. The van der Waals surface area contributed by atoms with E-state index >= 15 is 0 Å². The zero-order chi connectivity index (χ0) is 22.3. The van der Waals surface area contributed by atoms with Gasteiger partial charge in [0, 0.05) is 11.3 Å². The molecule has 2 aromatic carbocycles. The Morgan fingerprint density at radius 2 is 1.81 bits per heavy atom. The van der Waals surface area contributed by atoms with E-state index in [4.69, 9.17) is 4.74 Å². The molecule has 164 valence electrons. The molecule has 1 heterocycles. The van der Waals surface area contributed by atoms with Crippen LogP contribution >= 0.6 is 23.1 Å². The quantitative estimate of drug-likeness (QED) is 0.228. The van der Waals surface area contributed by atoms with Crippen molar-refractivity contribution < 1.29 is 22.7 Å². The summed E-state index contributed by atoms with van der Waals surface area (Å²) in [6.45, 7) is 2.72. The van der Waals surface area contributed by atoms with Crippen LogP contribution in [0.3, 0.4) is 0 Å². The molecule has 31 heavy (non-hydrogen) atoms. The molecule has 0 saturated carbocycles.